The van der Waals surface area contributed by atoms with Crippen LogP contribution in [0, 0.1) is 11.3 Å². The molecule has 6 heteroatoms. The number of carboxylic acid groups (broad SMARTS) is 1. The van der Waals surface area contributed by atoms with Gasteiger partial charge in [0.05, 0.1) is 16.7 Å². The number of hydrogen-bond acceptors (Lipinski definition) is 4. The molecule has 0 atom stereocenters. The fourth-order valence-electron chi connectivity index (χ4n) is 1.26. The summed E-state index contributed by atoms with van der Waals surface area (Å²) in [5.74, 6) is -0.213. The van der Waals surface area contributed by atoms with E-state index in [4.69, 9.17) is 26.7 Å². The maximum Gasteiger partial charge on any atom is 0.346 e. The summed E-state index contributed by atoms with van der Waals surface area (Å²) in [7, 11) is 0. The molecule has 2 rings (SSSR count). The first kappa shape index (κ1) is 12.4. The second-order valence-corrected chi connectivity index (χ2v) is 4.63. The summed E-state index contributed by atoms with van der Waals surface area (Å²) < 4.78 is 5.45. The van der Waals surface area contributed by atoms with Gasteiger partial charge in [0.2, 0.25) is 0 Å². The Morgan fingerprint density at radius 2 is 2.22 bits per heavy atom. The monoisotopic (exact) mass is 279 g/mol. The van der Waals surface area contributed by atoms with E-state index in [0.717, 1.165) is 11.3 Å². The molecule has 0 spiro atoms. The second kappa shape index (κ2) is 5.08. The van der Waals surface area contributed by atoms with Gasteiger partial charge in [0.25, 0.3) is 0 Å². The minimum Gasteiger partial charge on any atom is -0.477 e. The van der Waals surface area contributed by atoms with Gasteiger partial charge in [0.15, 0.2) is 0 Å². The standard InChI is InChI=1S/C12H6ClNO3S/c13-9-3-7(5-14)1-2-10(9)17-8-4-11(12(15)16)18-6-8/h1-4,6H,(H,15,16). The molecule has 1 N–H and O–H groups in total. The Kier molecular flexibility index (Phi) is 3.51. The molecule has 4 nitrogen and oxygen atoms in total. The highest BCUT2D eigenvalue weighted by Gasteiger charge is 2.10. The summed E-state index contributed by atoms with van der Waals surface area (Å²) in [6, 6.07) is 8.01. The van der Waals surface area contributed by atoms with Crippen molar-refractivity contribution in [3.8, 4) is 17.6 Å². The van der Waals surface area contributed by atoms with Crippen LogP contribution in [0.25, 0.3) is 0 Å². The number of ether oxygens (including phenoxy) is 1. The van der Waals surface area contributed by atoms with Crippen molar-refractivity contribution in [2.45, 2.75) is 0 Å². The van der Waals surface area contributed by atoms with Crippen LogP contribution in [-0.2, 0) is 0 Å². The number of nitriles is 1. The molecule has 0 aliphatic heterocycles. The van der Waals surface area contributed by atoms with Crippen LogP contribution in [0.1, 0.15) is 15.2 Å². The number of thiophene rings is 1. The Labute approximate surface area is 112 Å². The lowest BCUT2D eigenvalue weighted by Gasteiger charge is -2.05. The highest BCUT2D eigenvalue weighted by atomic mass is 35.5. The van der Waals surface area contributed by atoms with Gasteiger partial charge in [0.1, 0.15) is 16.4 Å². The number of aromatic carboxylic acids is 1. The zero-order valence-corrected chi connectivity index (χ0v) is 10.5. The van der Waals surface area contributed by atoms with Crippen molar-refractivity contribution in [3.63, 3.8) is 0 Å². The first-order valence-electron chi connectivity index (χ1n) is 4.79. The maximum atomic E-state index is 10.7. The van der Waals surface area contributed by atoms with Crippen LogP contribution in [0.5, 0.6) is 11.5 Å². The van der Waals surface area contributed by atoms with Gasteiger partial charge in [-0.25, -0.2) is 4.79 Å². The molecule has 1 heterocycles. The Morgan fingerprint density at radius 1 is 1.44 bits per heavy atom. The van der Waals surface area contributed by atoms with E-state index in [9.17, 15) is 4.79 Å². The van der Waals surface area contributed by atoms with Crippen LogP contribution in [-0.4, -0.2) is 11.1 Å². The molecule has 0 aliphatic rings. The van der Waals surface area contributed by atoms with Gasteiger partial charge in [-0.15, -0.1) is 11.3 Å². The molecule has 1 aromatic heterocycles. The first-order chi connectivity index (χ1) is 8.60. The predicted molar refractivity (Wildman–Crippen MR) is 67.5 cm³/mol. The van der Waals surface area contributed by atoms with Crippen molar-refractivity contribution in [1.29, 1.82) is 5.26 Å². The number of nitrogens with zero attached hydrogens (tertiary/aromatic N) is 1. The highest BCUT2D eigenvalue weighted by molar-refractivity contribution is 7.12. The molecular weight excluding hydrogens is 274 g/mol. The summed E-state index contributed by atoms with van der Waals surface area (Å²) >= 11 is 7.01. The summed E-state index contributed by atoms with van der Waals surface area (Å²) in [4.78, 5) is 10.9. The summed E-state index contributed by atoms with van der Waals surface area (Å²) in [5, 5.41) is 19.4. The van der Waals surface area contributed by atoms with Crippen LogP contribution < -0.4 is 4.74 Å². The molecule has 0 amide bonds. The van der Waals surface area contributed by atoms with Crippen LogP contribution >= 0.6 is 22.9 Å². The third-order valence-corrected chi connectivity index (χ3v) is 3.27. The van der Waals surface area contributed by atoms with Crippen molar-refractivity contribution in [2.24, 2.45) is 0 Å². The van der Waals surface area contributed by atoms with Crippen molar-refractivity contribution in [1.82, 2.24) is 0 Å². The lowest BCUT2D eigenvalue weighted by Crippen LogP contribution is -1.90. The molecule has 0 saturated heterocycles. The van der Waals surface area contributed by atoms with Gasteiger partial charge in [-0.1, -0.05) is 11.6 Å². The number of rotatable bonds is 3. The van der Waals surface area contributed by atoms with E-state index in [1.54, 1.807) is 17.5 Å². The van der Waals surface area contributed by atoms with Crippen molar-refractivity contribution < 1.29 is 14.6 Å². The Balaban J connectivity index is 2.23. The Morgan fingerprint density at radius 3 is 2.78 bits per heavy atom. The molecule has 1 aromatic carbocycles. The van der Waals surface area contributed by atoms with Gasteiger partial charge in [-0.3, -0.25) is 0 Å². The van der Waals surface area contributed by atoms with Gasteiger partial charge in [-0.2, -0.15) is 5.26 Å². The van der Waals surface area contributed by atoms with Crippen LogP contribution in [0.2, 0.25) is 5.02 Å². The second-order valence-electron chi connectivity index (χ2n) is 3.31. The van der Waals surface area contributed by atoms with Crippen LogP contribution in [0.15, 0.2) is 29.6 Å². The molecule has 0 saturated carbocycles. The third kappa shape index (κ3) is 2.62. The number of halogens is 1. The molecule has 18 heavy (non-hydrogen) atoms. The van der Waals surface area contributed by atoms with Crippen LogP contribution in [0.3, 0.4) is 0 Å². The normalized spacial score (nSPS) is 9.78. The van der Waals surface area contributed by atoms with E-state index < -0.39 is 5.97 Å². The molecule has 0 radical (unpaired) electrons. The largest absolute Gasteiger partial charge is 0.477 e. The topological polar surface area (TPSA) is 70.3 Å². The molecule has 0 aliphatic carbocycles. The SMILES string of the molecule is N#Cc1ccc(Oc2csc(C(=O)O)c2)c(Cl)c1. The van der Waals surface area contributed by atoms with Gasteiger partial charge >= 0.3 is 5.97 Å². The third-order valence-electron chi connectivity index (χ3n) is 2.07. The zero-order valence-electron chi connectivity index (χ0n) is 8.88. The smallest absolute Gasteiger partial charge is 0.346 e. The number of hydrogen-bond donors (Lipinski definition) is 1. The fourth-order valence-corrected chi connectivity index (χ4v) is 2.13. The minimum atomic E-state index is -0.999. The van der Waals surface area contributed by atoms with E-state index in [2.05, 4.69) is 0 Å². The zero-order chi connectivity index (χ0) is 13.1. The Bertz CT molecular complexity index is 645. The summed E-state index contributed by atoms with van der Waals surface area (Å²) in [5.41, 5.74) is 0.434. The molecule has 0 bridgehead atoms. The lowest BCUT2D eigenvalue weighted by molar-refractivity contribution is 0.0702. The van der Waals surface area contributed by atoms with Gasteiger partial charge in [-0.05, 0) is 18.2 Å². The van der Waals surface area contributed by atoms with E-state index in [1.807, 2.05) is 6.07 Å². The quantitative estimate of drug-likeness (QED) is 0.928. The summed E-state index contributed by atoms with van der Waals surface area (Å²) in [6.45, 7) is 0. The molecule has 90 valence electrons. The average Bonchev–Trinajstić information content (AvgIpc) is 2.80. The summed E-state index contributed by atoms with van der Waals surface area (Å²) in [6.07, 6.45) is 0. The Hall–Kier alpha value is -2.03. The van der Waals surface area contributed by atoms with Crippen molar-refractivity contribution in [2.75, 3.05) is 0 Å². The number of carbonyl (C=O) groups is 1. The first-order valence-corrected chi connectivity index (χ1v) is 6.05. The van der Waals surface area contributed by atoms with E-state index in [-0.39, 0.29) is 4.88 Å². The number of carboxylic acids is 1. The minimum absolute atomic E-state index is 0.190. The molecule has 0 unspecified atom stereocenters. The van der Waals surface area contributed by atoms with Gasteiger partial charge < -0.3 is 9.84 Å². The molecule has 2 aromatic rings. The van der Waals surface area contributed by atoms with Crippen molar-refractivity contribution >= 4 is 28.9 Å². The van der Waals surface area contributed by atoms with Gasteiger partial charge in [0, 0.05) is 11.4 Å². The van der Waals surface area contributed by atoms with E-state index in [1.165, 1.54) is 12.1 Å². The van der Waals surface area contributed by atoms with E-state index >= 15 is 0 Å². The van der Waals surface area contributed by atoms with Crippen LogP contribution in [0.4, 0.5) is 0 Å². The highest BCUT2D eigenvalue weighted by Crippen LogP contribution is 2.32. The predicted octanol–water partition coefficient (Wildman–Crippen LogP) is 3.76. The lowest BCUT2D eigenvalue weighted by atomic mass is 10.2. The van der Waals surface area contributed by atoms with Crippen molar-refractivity contribution in [3.05, 3.63) is 45.1 Å². The van der Waals surface area contributed by atoms with E-state index in [0.29, 0.717) is 22.1 Å². The molecule has 0 fully saturated rings. The maximum absolute atomic E-state index is 10.7. The molecular formula is C12H6ClNO3S. The number of benzene rings is 1. The fraction of sp³-hybridized carbons (Fsp3) is 0. The average molecular weight is 280 g/mol.